The molecule has 1 saturated heterocycles. The molecule has 0 spiro atoms. The lowest BCUT2D eigenvalue weighted by Gasteiger charge is -2.40. The van der Waals surface area contributed by atoms with Crippen molar-refractivity contribution in [2.75, 3.05) is 34.2 Å². The van der Waals surface area contributed by atoms with Crippen molar-refractivity contribution in [3.8, 4) is 0 Å². The van der Waals surface area contributed by atoms with Gasteiger partial charge in [0.05, 0.1) is 6.54 Å². The Hall–Kier alpha value is -1.98. The Bertz CT molecular complexity index is 800. The summed E-state index contributed by atoms with van der Waals surface area (Å²) in [5.74, 6) is 1.44. The molecule has 0 aliphatic carbocycles. The molecule has 0 saturated carbocycles. The summed E-state index contributed by atoms with van der Waals surface area (Å²) in [7, 11) is 8.23. The van der Waals surface area contributed by atoms with Crippen LogP contribution in [0.3, 0.4) is 0 Å². The Morgan fingerprint density at radius 2 is 2.11 bits per heavy atom. The van der Waals surface area contributed by atoms with Crippen LogP contribution in [0.1, 0.15) is 30.1 Å². The zero-order valence-corrected chi connectivity index (χ0v) is 18.2. The second-order valence-corrected chi connectivity index (χ2v) is 8.21. The van der Waals surface area contributed by atoms with Crippen molar-refractivity contribution in [1.29, 1.82) is 0 Å². The fourth-order valence-electron chi connectivity index (χ4n) is 4.28. The fraction of sp³-hybridized carbons (Fsp3) is 0.500. The Balaban J connectivity index is 1.67. The summed E-state index contributed by atoms with van der Waals surface area (Å²) in [5.41, 5.74) is 2.56. The summed E-state index contributed by atoms with van der Waals surface area (Å²) >= 11 is 6.27. The van der Waals surface area contributed by atoms with Gasteiger partial charge in [-0.1, -0.05) is 23.7 Å². The lowest BCUT2D eigenvalue weighted by atomic mass is 9.85. The van der Waals surface area contributed by atoms with E-state index in [1.807, 2.05) is 13.1 Å². The molecule has 152 valence electrons. The number of likely N-dealkylation sites (tertiary alicyclic amines) is 1. The first-order chi connectivity index (χ1) is 13.5. The molecule has 1 aliphatic heterocycles. The molecule has 2 aromatic rings. The molecule has 0 radical (unpaired) electrons. The van der Waals surface area contributed by atoms with Crippen molar-refractivity contribution >= 4 is 17.6 Å². The predicted molar refractivity (Wildman–Crippen MR) is 118 cm³/mol. The average Bonchev–Trinajstić information content (AvgIpc) is 3.07. The number of guanidine groups is 1. The summed E-state index contributed by atoms with van der Waals surface area (Å²) in [6.45, 7) is 2.84. The van der Waals surface area contributed by atoms with Gasteiger partial charge in [0.2, 0.25) is 0 Å². The molecule has 2 heterocycles. The van der Waals surface area contributed by atoms with Crippen LogP contribution in [-0.2, 0) is 13.6 Å². The number of nitrogens with zero attached hydrogens (tertiary/aromatic N) is 4. The van der Waals surface area contributed by atoms with E-state index in [1.165, 1.54) is 24.1 Å². The number of aliphatic imine (C=N–C) groups is 1. The van der Waals surface area contributed by atoms with Gasteiger partial charge in [-0.2, -0.15) is 0 Å². The minimum absolute atomic E-state index is 0.372. The topological polar surface area (TPSA) is 35.8 Å². The molecule has 6 heteroatoms. The summed E-state index contributed by atoms with van der Waals surface area (Å²) in [6.07, 6.45) is 4.50. The molecule has 0 amide bonds. The van der Waals surface area contributed by atoms with Gasteiger partial charge >= 0.3 is 0 Å². The van der Waals surface area contributed by atoms with Crippen molar-refractivity contribution in [1.82, 2.24) is 19.7 Å². The van der Waals surface area contributed by atoms with E-state index >= 15 is 0 Å². The number of halogens is 1. The number of aromatic nitrogens is 1. The Kier molecular flexibility index (Phi) is 7.03. The van der Waals surface area contributed by atoms with Crippen LogP contribution in [0, 0.1) is 5.92 Å². The molecule has 1 N–H and O–H groups in total. The number of hydrogen-bond acceptors (Lipinski definition) is 2. The van der Waals surface area contributed by atoms with E-state index in [1.54, 1.807) is 0 Å². The smallest absolute Gasteiger partial charge is 0.193 e. The van der Waals surface area contributed by atoms with E-state index in [-0.39, 0.29) is 0 Å². The fourth-order valence-corrected chi connectivity index (χ4v) is 4.48. The molecule has 2 unspecified atom stereocenters. The molecule has 0 bridgehead atoms. The third kappa shape index (κ3) is 4.89. The van der Waals surface area contributed by atoms with E-state index in [9.17, 15) is 0 Å². The van der Waals surface area contributed by atoms with Gasteiger partial charge in [-0.25, -0.2) is 0 Å². The maximum absolute atomic E-state index is 6.27. The van der Waals surface area contributed by atoms with Crippen LogP contribution in [0.5, 0.6) is 0 Å². The second-order valence-electron chi connectivity index (χ2n) is 7.78. The van der Waals surface area contributed by atoms with Crippen LogP contribution >= 0.6 is 11.6 Å². The molecular weight excluding hydrogens is 370 g/mol. The van der Waals surface area contributed by atoms with Crippen LogP contribution in [0.2, 0.25) is 5.02 Å². The summed E-state index contributed by atoms with van der Waals surface area (Å²) < 4.78 is 2.15. The van der Waals surface area contributed by atoms with Crippen molar-refractivity contribution < 1.29 is 0 Å². The molecule has 28 heavy (non-hydrogen) atoms. The van der Waals surface area contributed by atoms with Crippen LogP contribution in [0.25, 0.3) is 0 Å². The maximum Gasteiger partial charge on any atom is 0.193 e. The van der Waals surface area contributed by atoms with E-state index in [2.05, 4.69) is 82.3 Å². The highest BCUT2D eigenvalue weighted by Crippen LogP contribution is 2.35. The molecular formula is C22H32ClN5. The quantitative estimate of drug-likeness (QED) is 0.612. The SMILES string of the molecule is CN=C(NCC1CCCN(C)C1c1cccc(Cl)c1)N(C)Cc1cccn1C. The first-order valence-corrected chi connectivity index (χ1v) is 10.3. The zero-order chi connectivity index (χ0) is 20.1. The second kappa shape index (κ2) is 9.48. The Labute approximate surface area is 174 Å². The first-order valence-electron chi connectivity index (χ1n) is 9.97. The van der Waals surface area contributed by atoms with Gasteiger partial charge in [0.15, 0.2) is 5.96 Å². The van der Waals surface area contributed by atoms with Gasteiger partial charge in [0.25, 0.3) is 0 Å². The highest BCUT2D eigenvalue weighted by molar-refractivity contribution is 6.30. The van der Waals surface area contributed by atoms with Crippen LogP contribution < -0.4 is 5.32 Å². The maximum atomic E-state index is 6.27. The normalized spacial score (nSPS) is 21.0. The highest BCUT2D eigenvalue weighted by Gasteiger charge is 2.30. The number of piperidine rings is 1. The molecule has 3 rings (SSSR count). The molecule has 1 aliphatic rings. The van der Waals surface area contributed by atoms with E-state index in [4.69, 9.17) is 11.6 Å². The van der Waals surface area contributed by atoms with Gasteiger partial charge < -0.3 is 14.8 Å². The predicted octanol–water partition coefficient (Wildman–Crippen LogP) is 3.77. The third-order valence-electron chi connectivity index (χ3n) is 5.74. The van der Waals surface area contributed by atoms with Crippen molar-refractivity contribution in [2.45, 2.75) is 25.4 Å². The Morgan fingerprint density at radius 1 is 1.29 bits per heavy atom. The standard InChI is InChI=1S/C22H32ClN5/c1-24-22(28(4)16-20-11-7-12-26(20)2)25-15-18-9-6-13-27(3)21(18)17-8-5-10-19(23)14-17/h5,7-8,10-12,14,18,21H,6,9,13,15-16H2,1-4H3,(H,24,25). The van der Waals surface area contributed by atoms with Crippen LogP contribution in [-0.4, -0.2) is 54.6 Å². The third-order valence-corrected chi connectivity index (χ3v) is 5.98. The van der Waals surface area contributed by atoms with Gasteiger partial charge in [-0.05, 0) is 62.2 Å². The Morgan fingerprint density at radius 3 is 2.79 bits per heavy atom. The van der Waals surface area contributed by atoms with Crippen molar-refractivity contribution in [3.05, 3.63) is 58.9 Å². The lowest BCUT2D eigenvalue weighted by Crippen LogP contribution is -2.45. The van der Waals surface area contributed by atoms with Crippen LogP contribution in [0.4, 0.5) is 0 Å². The van der Waals surface area contributed by atoms with Crippen LogP contribution in [0.15, 0.2) is 47.6 Å². The minimum atomic E-state index is 0.372. The van der Waals surface area contributed by atoms with E-state index in [0.29, 0.717) is 12.0 Å². The summed E-state index contributed by atoms with van der Waals surface area (Å²) in [4.78, 5) is 9.13. The van der Waals surface area contributed by atoms with Gasteiger partial charge in [0.1, 0.15) is 0 Å². The van der Waals surface area contributed by atoms with Gasteiger partial charge in [-0.3, -0.25) is 9.89 Å². The molecule has 2 atom stereocenters. The summed E-state index contributed by atoms with van der Waals surface area (Å²) in [5, 5.41) is 4.42. The largest absolute Gasteiger partial charge is 0.356 e. The minimum Gasteiger partial charge on any atom is -0.356 e. The molecule has 1 aromatic carbocycles. The van der Waals surface area contributed by atoms with Crippen molar-refractivity contribution in [3.63, 3.8) is 0 Å². The van der Waals surface area contributed by atoms with Gasteiger partial charge in [0, 0.05) is 50.6 Å². The summed E-state index contributed by atoms with van der Waals surface area (Å²) in [6, 6.07) is 12.9. The van der Waals surface area contributed by atoms with E-state index in [0.717, 1.165) is 30.6 Å². The number of hydrogen-bond donors (Lipinski definition) is 1. The number of nitrogens with one attached hydrogen (secondary N) is 1. The molecule has 5 nitrogen and oxygen atoms in total. The average molecular weight is 402 g/mol. The number of rotatable bonds is 5. The monoisotopic (exact) mass is 401 g/mol. The van der Waals surface area contributed by atoms with E-state index < -0.39 is 0 Å². The number of benzene rings is 1. The first kappa shape index (κ1) is 20.7. The number of aryl methyl sites for hydroxylation is 1. The highest BCUT2D eigenvalue weighted by atomic mass is 35.5. The van der Waals surface area contributed by atoms with Gasteiger partial charge in [-0.15, -0.1) is 0 Å². The molecule has 1 aromatic heterocycles. The lowest BCUT2D eigenvalue weighted by molar-refractivity contribution is 0.122. The van der Waals surface area contributed by atoms with Crippen molar-refractivity contribution in [2.24, 2.45) is 18.0 Å². The zero-order valence-electron chi connectivity index (χ0n) is 17.4. The molecule has 1 fully saturated rings.